The lowest BCUT2D eigenvalue weighted by atomic mass is 9.88. The zero-order valence-corrected chi connectivity index (χ0v) is 11.5. The van der Waals surface area contributed by atoms with Crippen molar-refractivity contribution in [3.8, 4) is 0 Å². The van der Waals surface area contributed by atoms with Gasteiger partial charge < -0.3 is 10.4 Å². The Morgan fingerprint density at radius 1 is 1.40 bits per heavy atom. The lowest BCUT2D eigenvalue weighted by Crippen LogP contribution is -2.39. The normalized spacial score (nSPS) is 17.4. The molecule has 0 spiro atoms. The molecule has 0 heterocycles. The summed E-state index contributed by atoms with van der Waals surface area (Å²) in [5.74, 6) is 2.43. The Hall–Kier alpha value is 0.270. The van der Waals surface area contributed by atoms with Crippen LogP contribution in [0.5, 0.6) is 0 Å². The van der Waals surface area contributed by atoms with Gasteiger partial charge in [-0.1, -0.05) is 20.8 Å². The van der Waals surface area contributed by atoms with Gasteiger partial charge in [0.05, 0.1) is 0 Å². The smallest absolute Gasteiger partial charge is 0.0496 e. The van der Waals surface area contributed by atoms with Crippen LogP contribution in [-0.4, -0.2) is 35.8 Å². The number of rotatable bonds is 9. The first-order chi connectivity index (χ1) is 7.08. The molecule has 3 heteroatoms. The minimum Gasteiger partial charge on any atom is -0.396 e. The van der Waals surface area contributed by atoms with Gasteiger partial charge in [0, 0.05) is 24.6 Å². The van der Waals surface area contributed by atoms with E-state index in [1.807, 2.05) is 11.8 Å². The van der Waals surface area contributed by atoms with E-state index < -0.39 is 0 Å². The molecule has 0 saturated heterocycles. The molecule has 15 heavy (non-hydrogen) atoms. The van der Waals surface area contributed by atoms with E-state index in [-0.39, 0.29) is 12.0 Å². The SMILES string of the molecule is CCSCCC(C)NCC(C)(CC)CO. The molecule has 0 aliphatic carbocycles. The summed E-state index contributed by atoms with van der Waals surface area (Å²) in [7, 11) is 0. The summed E-state index contributed by atoms with van der Waals surface area (Å²) in [5, 5.41) is 12.8. The number of hydrogen-bond acceptors (Lipinski definition) is 3. The average Bonchev–Trinajstić information content (AvgIpc) is 2.26. The van der Waals surface area contributed by atoms with Gasteiger partial charge in [-0.2, -0.15) is 11.8 Å². The van der Waals surface area contributed by atoms with Gasteiger partial charge in [0.1, 0.15) is 0 Å². The Kier molecular flexibility index (Phi) is 8.58. The van der Waals surface area contributed by atoms with E-state index in [0.29, 0.717) is 6.04 Å². The van der Waals surface area contributed by atoms with Crippen molar-refractivity contribution < 1.29 is 5.11 Å². The highest BCUT2D eigenvalue weighted by atomic mass is 32.2. The molecule has 0 rings (SSSR count). The average molecular weight is 233 g/mol. The van der Waals surface area contributed by atoms with Gasteiger partial charge in [0.2, 0.25) is 0 Å². The molecule has 0 aliphatic heterocycles. The summed E-state index contributed by atoms with van der Waals surface area (Å²) >= 11 is 1.99. The molecule has 2 N–H and O–H groups in total. The predicted molar refractivity (Wildman–Crippen MR) is 70.6 cm³/mol. The Morgan fingerprint density at radius 2 is 2.07 bits per heavy atom. The number of hydrogen-bond donors (Lipinski definition) is 2. The van der Waals surface area contributed by atoms with Crippen LogP contribution in [0.25, 0.3) is 0 Å². The first kappa shape index (κ1) is 15.3. The van der Waals surface area contributed by atoms with Gasteiger partial charge in [-0.15, -0.1) is 0 Å². The summed E-state index contributed by atoms with van der Waals surface area (Å²) < 4.78 is 0. The zero-order chi connectivity index (χ0) is 11.7. The minimum atomic E-state index is 0.0478. The van der Waals surface area contributed by atoms with E-state index in [9.17, 15) is 5.11 Å². The second kappa shape index (κ2) is 8.43. The van der Waals surface area contributed by atoms with Crippen molar-refractivity contribution in [1.82, 2.24) is 5.32 Å². The zero-order valence-electron chi connectivity index (χ0n) is 10.7. The highest BCUT2D eigenvalue weighted by Gasteiger charge is 2.21. The first-order valence-corrected chi connectivity index (χ1v) is 7.15. The molecule has 92 valence electrons. The van der Waals surface area contributed by atoms with Crippen LogP contribution in [0.4, 0.5) is 0 Å². The van der Waals surface area contributed by atoms with Gasteiger partial charge in [0.25, 0.3) is 0 Å². The Balaban J connectivity index is 3.64. The van der Waals surface area contributed by atoms with Crippen LogP contribution in [-0.2, 0) is 0 Å². The van der Waals surface area contributed by atoms with E-state index in [4.69, 9.17) is 0 Å². The number of nitrogens with one attached hydrogen (secondary N) is 1. The maximum absolute atomic E-state index is 9.27. The van der Waals surface area contributed by atoms with E-state index >= 15 is 0 Å². The Labute approximate surface area is 99.2 Å². The van der Waals surface area contributed by atoms with Crippen LogP contribution in [0.15, 0.2) is 0 Å². The van der Waals surface area contributed by atoms with Crippen molar-refractivity contribution in [2.45, 2.75) is 46.6 Å². The van der Waals surface area contributed by atoms with Crippen LogP contribution in [0.1, 0.15) is 40.5 Å². The lowest BCUT2D eigenvalue weighted by Gasteiger charge is -2.28. The first-order valence-electron chi connectivity index (χ1n) is 6.00. The minimum absolute atomic E-state index is 0.0478. The van der Waals surface area contributed by atoms with Crippen LogP contribution in [0.3, 0.4) is 0 Å². The molecular weight excluding hydrogens is 206 g/mol. The van der Waals surface area contributed by atoms with Crippen molar-refractivity contribution >= 4 is 11.8 Å². The topological polar surface area (TPSA) is 32.3 Å². The monoisotopic (exact) mass is 233 g/mol. The predicted octanol–water partition coefficient (Wildman–Crippen LogP) is 2.52. The third kappa shape index (κ3) is 7.20. The number of aliphatic hydroxyl groups excluding tert-OH is 1. The quantitative estimate of drug-likeness (QED) is 0.600. The number of thioether (sulfide) groups is 1. The Bertz CT molecular complexity index is 149. The van der Waals surface area contributed by atoms with Crippen LogP contribution < -0.4 is 5.32 Å². The third-order valence-electron chi connectivity index (χ3n) is 3.01. The fraction of sp³-hybridized carbons (Fsp3) is 1.00. The second-order valence-corrected chi connectivity index (χ2v) is 5.98. The molecule has 0 saturated carbocycles. The summed E-state index contributed by atoms with van der Waals surface area (Å²) in [4.78, 5) is 0. The maximum Gasteiger partial charge on any atom is 0.0496 e. The molecule has 0 amide bonds. The lowest BCUT2D eigenvalue weighted by molar-refractivity contribution is 0.132. The molecule has 0 aromatic heterocycles. The molecule has 0 aromatic carbocycles. The van der Waals surface area contributed by atoms with Crippen molar-refractivity contribution in [3.63, 3.8) is 0 Å². The fourth-order valence-corrected chi connectivity index (χ4v) is 2.03. The van der Waals surface area contributed by atoms with Crippen LogP contribution in [0, 0.1) is 5.41 Å². The van der Waals surface area contributed by atoms with Crippen molar-refractivity contribution in [2.24, 2.45) is 5.41 Å². The molecule has 0 fully saturated rings. The van der Waals surface area contributed by atoms with E-state index in [0.717, 1.165) is 13.0 Å². The Morgan fingerprint density at radius 3 is 2.53 bits per heavy atom. The second-order valence-electron chi connectivity index (χ2n) is 4.59. The molecule has 0 aromatic rings. The van der Waals surface area contributed by atoms with Gasteiger partial charge in [-0.25, -0.2) is 0 Å². The van der Waals surface area contributed by atoms with E-state index in [1.165, 1.54) is 17.9 Å². The largest absolute Gasteiger partial charge is 0.396 e. The molecule has 2 atom stereocenters. The highest BCUT2D eigenvalue weighted by molar-refractivity contribution is 7.99. The van der Waals surface area contributed by atoms with Gasteiger partial charge >= 0.3 is 0 Å². The molecule has 0 aliphatic rings. The molecule has 0 radical (unpaired) electrons. The van der Waals surface area contributed by atoms with Crippen molar-refractivity contribution in [1.29, 1.82) is 0 Å². The standard InChI is InChI=1S/C12H27NOS/c1-5-12(4,10-14)9-13-11(3)7-8-15-6-2/h11,13-14H,5-10H2,1-4H3. The van der Waals surface area contributed by atoms with Crippen LogP contribution >= 0.6 is 11.8 Å². The van der Waals surface area contributed by atoms with Gasteiger partial charge in [-0.05, 0) is 31.3 Å². The third-order valence-corrected chi connectivity index (χ3v) is 3.94. The molecule has 2 nitrogen and oxygen atoms in total. The summed E-state index contributed by atoms with van der Waals surface area (Å²) in [6, 6.07) is 0.557. The summed E-state index contributed by atoms with van der Waals surface area (Å²) in [6.45, 7) is 9.88. The van der Waals surface area contributed by atoms with Crippen LogP contribution in [0.2, 0.25) is 0 Å². The number of aliphatic hydroxyl groups is 1. The molecular formula is C12H27NOS. The maximum atomic E-state index is 9.27. The summed E-state index contributed by atoms with van der Waals surface area (Å²) in [5.41, 5.74) is 0.0478. The van der Waals surface area contributed by atoms with Crippen molar-refractivity contribution in [3.05, 3.63) is 0 Å². The van der Waals surface area contributed by atoms with Gasteiger partial charge in [-0.3, -0.25) is 0 Å². The van der Waals surface area contributed by atoms with Gasteiger partial charge in [0.15, 0.2) is 0 Å². The highest BCUT2D eigenvalue weighted by Crippen LogP contribution is 2.18. The fourth-order valence-electron chi connectivity index (χ4n) is 1.22. The molecule has 0 bridgehead atoms. The summed E-state index contributed by atoms with van der Waals surface area (Å²) in [6.07, 6.45) is 2.23. The molecule has 2 unspecified atom stereocenters. The van der Waals surface area contributed by atoms with Crippen molar-refractivity contribution in [2.75, 3.05) is 24.7 Å². The van der Waals surface area contributed by atoms with E-state index in [1.54, 1.807) is 0 Å². The van der Waals surface area contributed by atoms with E-state index in [2.05, 4.69) is 33.0 Å².